The molecule has 0 unspecified atom stereocenters. The van der Waals surface area contributed by atoms with Gasteiger partial charge in [-0.05, 0) is 12.5 Å². The van der Waals surface area contributed by atoms with E-state index in [0.29, 0.717) is 6.54 Å². The maximum absolute atomic E-state index is 10.6. The third kappa shape index (κ3) is 1.84. The number of aliphatic hydroxyl groups is 1. The van der Waals surface area contributed by atoms with Crippen molar-refractivity contribution in [1.29, 1.82) is 0 Å². The van der Waals surface area contributed by atoms with Crippen LogP contribution in [0, 0.1) is 0 Å². The second-order valence-corrected chi connectivity index (χ2v) is 2.33. The monoisotopic (exact) mass is 141 g/mol. The van der Waals surface area contributed by atoms with Crippen molar-refractivity contribution in [3.63, 3.8) is 0 Å². The Morgan fingerprint density at radius 3 is 3.00 bits per heavy atom. The molecule has 3 heteroatoms. The fraction of sp³-hybridized carbons (Fsp3) is 0.571. The fourth-order valence-corrected chi connectivity index (χ4v) is 0.922. The van der Waals surface area contributed by atoms with Gasteiger partial charge >= 0.3 is 0 Å². The van der Waals surface area contributed by atoms with E-state index in [-0.39, 0.29) is 12.4 Å². The van der Waals surface area contributed by atoms with Crippen molar-refractivity contribution in [1.82, 2.24) is 4.90 Å². The average molecular weight is 141 g/mol. The summed E-state index contributed by atoms with van der Waals surface area (Å²) < 4.78 is 0. The predicted octanol–water partition coefficient (Wildman–Crippen LogP) is -0.233. The first-order chi connectivity index (χ1) is 4.83. The summed E-state index contributed by atoms with van der Waals surface area (Å²) in [5, 5.41) is 8.46. The number of hydrogen-bond donors (Lipinski definition) is 1. The summed E-state index contributed by atoms with van der Waals surface area (Å²) >= 11 is 0. The van der Waals surface area contributed by atoms with E-state index in [1.807, 2.05) is 4.90 Å². The molecule has 0 radical (unpaired) electrons. The largest absolute Gasteiger partial charge is 0.396 e. The molecule has 0 aromatic carbocycles. The highest BCUT2D eigenvalue weighted by Gasteiger charge is 2.09. The van der Waals surface area contributed by atoms with Crippen molar-refractivity contribution in [3.05, 3.63) is 12.3 Å². The van der Waals surface area contributed by atoms with E-state index in [0.717, 1.165) is 13.0 Å². The molecule has 0 saturated heterocycles. The van der Waals surface area contributed by atoms with E-state index in [2.05, 4.69) is 0 Å². The van der Waals surface area contributed by atoms with Crippen LogP contribution in [0.5, 0.6) is 0 Å². The summed E-state index contributed by atoms with van der Waals surface area (Å²) in [6, 6.07) is 0. The van der Waals surface area contributed by atoms with Gasteiger partial charge in [0, 0.05) is 19.4 Å². The molecule has 0 saturated carbocycles. The minimum absolute atomic E-state index is 0.151. The van der Waals surface area contributed by atoms with E-state index < -0.39 is 0 Å². The van der Waals surface area contributed by atoms with Crippen LogP contribution in [-0.2, 0) is 4.79 Å². The second kappa shape index (κ2) is 3.37. The average Bonchev–Trinajstić information content (AvgIpc) is 2.31. The van der Waals surface area contributed by atoms with Gasteiger partial charge in [0.05, 0.1) is 6.54 Å². The molecule has 1 aliphatic heterocycles. The van der Waals surface area contributed by atoms with Crippen LogP contribution in [-0.4, -0.2) is 35.5 Å². The third-order valence-corrected chi connectivity index (χ3v) is 1.43. The Morgan fingerprint density at radius 1 is 1.70 bits per heavy atom. The lowest BCUT2D eigenvalue weighted by molar-refractivity contribution is -0.114. The Kier molecular flexibility index (Phi) is 2.45. The molecule has 0 aromatic heterocycles. The second-order valence-electron chi connectivity index (χ2n) is 2.33. The van der Waals surface area contributed by atoms with Gasteiger partial charge in [-0.25, -0.2) is 0 Å². The summed E-state index contributed by atoms with van der Waals surface area (Å²) in [7, 11) is 0. The Balaban J connectivity index is 2.20. The van der Waals surface area contributed by atoms with Gasteiger partial charge in [0.2, 0.25) is 0 Å². The molecule has 1 rings (SSSR count). The fourth-order valence-electron chi connectivity index (χ4n) is 0.922. The molecule has 56 valence electrons. The number of hydrogen-bond acceptors (Lipinski definition) is 3. The first-order valence-corrected chi connectivity index (χ1v) is 3.39. The molecule has 3 nitrogen and oxygen atoms in total. The summed E-state index contributed by atoms with van der Waals surface area (Å²) in [4.78, 5) is 12.5. The first-order valence-electron chi connectivity index (χ1n) is 3.39. The number of ketones is 1. The van der Waals surface area contributed by atoms with Gasteiger partial charge < -0.3 is 10.0 Å². The quantitative estimate of drug-likeness (QED) is 0.590. The SMILES string of the molecule is O=C1C=CN(CCCO)C1. The van der Waals surface area contributed by atoms with Crippen LogP contribution in [0.4, 0.5) is 0 Å². The number of nitrogens with zero attached hydrogens (tertiary/aromatic N) is 1. The number of rotatable bonds is 3. The topological polar surface area (TPSA) is 40.5 Å². The molecule has 0 amide bonds. The lowest BCUT2D eigenvalue weighted by atomic mass is 10.4. The first kappa shape index (κ1) is 7.28. The number of aliphatic hydroxyl groups excluding tert-OH is 1. The van der Waals surface area contributed by atoms with Crippen LogP contribution in [0.1, 0.15) is 6.42 Å². The molecule has 0 fully saturated rings. The van der Waals surface area contributed by atoms with Crippen molar-refractivity contribution in [3.8, 4) is 0 Å². The molecule has 0 spiro atoms. The third-order valence-electron chi connectivity index (χ3n) is 1.43. The molecule has 1 N–H and O–H groups in total. The van der Waals surface area contributed by atoms with Gasteiger partial charge in [-0.2, -0.15) is 0 Å². The smallest absolute Gasteiger partial charge is 0.176 e. The van der Waals surface area contributed by atoms with Crippen LogP contribution in [0.25, 0.3) is 0 Å². The predicted molar refractivity (Wildman–Crippen MR) is 37.4 cm³/mol. The maximum atomic E-state index is 10.6. The van der Waals surface area contributed by atoms with Gasteiger partial charge in [-0.15, -0.1) is 0 Å². The molecule has 1 aliphatic rings. The summed E-state index contributed by atoms with van der Waals surface area (Å²) in [5.74, 6) is 0.151. The molecule has 0 aliphatic carbocycles. The van der Waals surface area contributed by atoms with E-state index in [1.54, 1.807) is 12.3 Å². The molecular formula is C7H11NO2. The van der Waals surface area contributed by atoms with Crippen LogP contribution in [0.3, 0.4) is 0 Å². The minimum Gasteiger partial charge on any atom is -0.396 e. The standard InChI is InChI=1S/C7H11NO2/c9-5-1-3-8-4-2-7(10)6-8/h2,4,9H,1,3,5-6H2. The van der Waals surface area contributed by atoms with Gasteiger partial charge in [0.25, 0.3) is 0 Å². The van der Waals surface area contributed by atoms with E-state index >= 15 is 0 Å². The summed E-state index contributed by atoms with van der Waals surface area (Å²) in [6.07, 6.45) is 4.08. The zero-order chi connectivity index (χ0) is 7.40. The Morgan fingerprint density at radius 2 is 2.50 bits per heavy atom. The molecule has 0 bridgehead atoms. The zero-order valence-corrected chi connectivity index (χ0v) is 5.79. The zero-order valence-electron chi connectivity index (χ0n) is 5.79. The Hall–Kier alpha value is -0.830. The van der Waals surface area contributed by atoms with Crippen LogP contribution in [0.15, 0.2) is 12.3 Å². The van der Waals surface area contributed by atoms with Crippen molar-refractivity contribution >= 4 is 5.78 Å². The van der Waals surface area contributed by atoms with Crippen LogP contribution >= 0.6 is 0 Å². The van der Waals surface area contributed by atoms with Crippen LogP contribution < -0.4 is 0 Å². The molecular weight excluding hydrogens is 130 g/mol. The van der Waals surface area contributed by atoms with Crippen LogP contribution in [0.2, 0.25) is 0 Å². The highest BCUT2D eigenvalue weighted by molar-refractivity contribution is 5.93. The van der Waals surface area contributed by atoms with Crippen molar-refractivity contribution in [2.24, 2.45) is 0 Å². The minimum atomic E-state index is 0.151. The molecule has 1 heterocycles. The van der Waals surface area contributed by atoms with Gasteiger partial charge in [0.1, 0.15) is 0 Å². The van der Waals surface area contributed by atoms with Gasteiger partial charge in [-0.1, -0.05) is 0 Å². The normalized spacial score (nSPS) is 16.9. The van der Waals surface area contributed by atoms with E-state index in [1.165, 1.54) is 0 Å². The van der Waals surface area contributed by atoms with Gasteiger partial charge in [0.15, 0.2) is 5.78 Å². The molecule has 10 heavy (non-hydrogen) atoms. The van der Waals surface area contributed by atoms with E-state index in [9.17, 15) is 4.79 Å². The lowest BCUT2D eigenvalue weighted by Crippen LogP contribution is -2.19. The van der Waals surface area contributed by atoms with Gasteiger partial charge in [-0.3, -0.25) is 4.79 Å². The Bertz CT molecular complexity index is 154. The molecule has 0 aromatic rings. The maximum Gasteiger partial charge on any atom is 0.176 e. The highest BCUT2D eigenvalue weighted by Crippen LogP contribution is 2.00. The van der Waals surface area contributed by atoms with Crippen molar-refractivity contribution in [2.75, 3.05) is 19.7 Å². The molecule has 0 atom stereocenters. The highest BCUT2D eigenvalue weighted by atomic mass is 16.3. The number of carbonyl (C=O) groups excluding carboxylic acids is 1. The van der Waals surface area contributed by atoms with Crippen molar-refractivity contribution < 1.29 is 9.90 Å². The van der Waals surface area contributed by atoms with E-state index in [4.69, 9.17) is 5.11 Å². The summed E-state index contributed by atoms with van der Waals surface area (Å²) in [6.45, 7) is 1.46. The Labute approximate surface area is 59.9 Å². The number of carbonyl (C=O) groups is 1. The van der Waals surface area contributed by atoms with Crippen molar-refractivity contribution in [2.45, 2.75) is 6.42 Å². The lowest BCUT2D eigenvalue weighted by Gasteiger charge is -2.12. The summed E-state index contributed by atoms with van der Waals surface area (Å²) in [5.41, 5.74) is 0.